The summed E-state index contributed by atoms with van der Waals surface area (Å²) in [5.41, 5.74) is 3.56. The van der Waals surface area contributed by atoms with Crippen LogP contribution < -0.4 is 5.32 Å². The Morgan fingerprint density at radius 1 is 1.25 bits per heavy atom. The summed E-state index contributed by atoms with van der Waals surface area (Å²) in [5.74, 6) is 0.497. The largest absolute Gasteiger partial charge is 0.391 e. The van der Waals surface area contributed by atoms with Gasteiger partial charge < -0.3 is 15.0 Å². The highest BCUT2D eigenvalue weighted by atomic mass is 19.1. The average molecular weight is 327 g/mol. The van der Waals surface area contributed by atoms with E-state index >= 15 is 0 Å². The van der Waals surface area contributed by atoms with E-state index in [0.29, 0.717) is 13.0 Å². The van der Waals surface area contributed by atoms with Crippen LogP contribution in [0.4, 0.5) is 15.9 Å². The molecule has 0 saturated heterocycles. The van der Waals surface area contributed by atoms with Gasteiger partial charge in [-0.1, -0.05) is 6.92 Å². The molecule has 2 N–H and O–H groups in total. The van der Waals surface area contributed by atoms with E-state index in [1.165, 1.54) is 12.1 Å². The summed E-state index contributed by atoms with van der Waals surface area (Å²) in [6.07, 6.45) is 4.05. The molecule has 0 fully saturated rings. The van der Waals surface area contributed by atoms with Gasteiger partial charge in [0.05, 0.1) is 11.6 Å². The van der Waals surface area contributed by atoms with Gasteiger partial charge in [-0.2, -0.15) is 0 Å². The zero-order valence-corrected chi connectivity index (χ0v) is 14.2. The van der Waals surface area contributed by atoms with Gasteiger partial charge in [0.1, 0.15) is 11.6 Å². The first-order valence-corrected chi connectivity index (χ1v) is 8.15. The third-order valence-corrected chi connectivity index (χ3v) is 4.32. The molecule has 1 atom stereocenters. The van der Waals surface area contributed by atoms with Gasteiger partial charge in [0.25, 0.3) is 0 Å². The summed E-state index contributed by atoms with van der Waals surface area (Å²) in [7, 11) is 0. The van der Waals surface area contributed by atoms with Crippen LogP contribution in [-0.4, -0.2) is 20.8 Å². The Kier molecular flexibility index (Phi) is 4.53. The van der Waals surface area contributed by atoms with E-state index in [0.717, 1.165) is 33.5 Å². The van der Waals surface area contributed by atoms with Gasteiger partial charge in [0, 0.05) is 30.0 Å². The molecule has 0 bridgehead atoms. The number of hydrogen-bond donors (Lipinski definition) is 2. The van der Waals surface area contributed by atoms with Gasteiger partial charge in [0.2, 0.25) is 0 Å². The maximum Gasteiger partial charge on any atom is 0.139 e. The van der Waals surface area contributed by atoms with Gasteiger partial charge in [0.15, 0.2) is 0 Å². The lowest BCUT2D eigenvalue weighted by Crippen LogP contribution is -2.13. The fourth-order valence-electron chi connectivity index (χ4n) is 2.96. The van der Waals surface area contributed by atoms with E-state index < -0.39 is 0 Å². The Morgan fingerprint density at radius 2 is 1.96 bits per heavy atom. The predicted molar refractivity (Wildman–Crippen MR) is 95.2 cm³/mol. The van der Waals surface area contributed by atoms with Crippen LogP contribution >= 0.6 is 0 Å². The second kappa shape index (κ2) is 6.61. The van der Waals surface area contributed by atoms with E-state index in [1.807, 2.05) is 43.7 Å². The second-order valence-electron chi connectivity index (χ2n) is 6.16. The Bertz CT molecular complexity index is 849. The molecular weight excluding hydrogens is 305 g/mol. The molecule has 24 heavy (non-hydrogen) atoms. The van der Waals surface area contributed by atoms with Crippen molar-refractivity contribution in [3.05, 3.63) is 53.6 Å². The van der Waals surface area contributed by atoms with E-state index in [1.54, 1.807) is 6.20 Å². The molecule has 2 aromatic heterocycles. The van der Waals surface area contributed by atoms with Crippen LogP contribution in [-0.2, 0) is 6.54 Å². The summed E-state index contributed by atoms with van der Waals surface area (Å²) in [5, 5.41) is 14.2. The molecule has 5 heteroatoms. The van der Waals surface area contributed by atoms with Crippen molar-refractivity contribution < 1.29 is 9.50 Å². The average Bonchev–Trinajstić information content (AvgIpc) is 2.94. The highest BCUT2D eigenvalue weighted by molar-refractivity contribution is 5.92. The van der Waals surface area contributed by atoms with Gasteiger partial charge in [-0.25, -0.2) is 9.37 Å². The number of pyridine rings is 1. The quantitative estimate of drug-likeness (QED) is 0.734. The highest BCUT2D eigenvalue weighted by Gasteiger charge is 2.12. The molecule has 0 amide bonds. The highest BCUT2D eigenvalue weighted by Crippen LogP contribution is 2.29. The lowest BCUT2D eigenvalue weighted by molar-refractivity contribution is 0.151. The minimum atomic E-state index is -0.369. The maximum atomic E-state index is 13.5. The molecule has 2 heterocycles. The maximum absolute atomic E-state index is 13.5. The topological polar surface area (TPSA) is 50.1 Å². The summed E-state index contributed by atoms with van der Waals surface area (Å²) < 4.78 is 15.5. The fraction of sp³-hybridized carbons (Fsp3) is 0.316. The summed E-state index contributed by atoms with van der Waals surface area (Å²) >= 11 is 0. The fourth-order valence-corrected chi connectivity index (χ4v) is 2.96. The Labute approximate surface area is 141 Å². The van der Waals surface area contributed by atoms with Gasteiger partial charge in [-0.3, -0.25) is 0 Å². The summed E-state index contributed by atoms with van der Waals surface area (Å²) in [4.78, 5) is 4.44. The number of nitrogens with zero attached hydrogens (tertiary/aromatic N) is 2. The number of aryl methyl sites for hydroxylation is 2. The minimum Gasteiger partial charge on any atom is -0.391 e. The van der Waals surface area contributed by atoms with Crippen LogP contribution in [0.5, 0.6) is 0 Å². The SMILES string of the molecule is CC[C@H](O)Cn1ccc2c(Nc3c(C)cc(F)cc3C)nccc21. The lowest BCUT2D eigenvalue weighted by atomic mass is 10.1. The summed E-state index contributed by atoms with van der Waals surface area (Å²) in [6, 6.07) is 6.95. The van der Waals surface area contributed by atoms with Gasteiger partial charge >= 0.3 is 0 Å². The zero-order chi connectivity index (χ0) is 17.3. The number of hydrogen-bond acceptors (Lipinski definition) is 3. The summed E-state index contributed by atoms with van der Waals surface area (Å²) in [6.45, 7) is 6.27. The second-order valence-corrected chi connectivity index (χ2v) is 6.16. The smallest absolute Gasteiger partial charge is 0.139 e. The third-order valence-electron chi connectivity index (χ3n) is 4.32. The van der Waals surface area contributed by atoms with Crippen LogP contribution in [0.3, 0.4) is 0 Å². The lowest BCUT2D eigenvalue weighted by Gasteiger charge is -2.14. The van der Waals surface area contributed by atoms with Crippen LogP contribution in [0.2, 0.25) is 0 Å². The third kappa shape index (κ3) is 3.12. The number of rotatable bonds is 5. The first-order chi connectivity index (χ1) is 11.5. The van der Waals surface area contributed by atoms with Crippen molar-refractivity contribution in [1.82, 2.24) is 9.55 Å². The van der Waals surface area contributed by atoms with Crippen molar-refractivity contribution in [3.8, 4) is 0 Å². The van der Waals surface area contributed by atoms with E-state index in [-0.39, 0.29) is 11.9 Å². The van der Waals surface area contributed by atoms with Crippen molar-refractivity contribution in [2.45, 2.75) is 39.8 Å². The zero-order valence-electron chi connectivity index (χ0n) is 14.2. The molecular formula is C19H22FN3O. The molecule has 0 spiro atoms. The Balaban J connectivity index is 1.99. The molecule has 3 aromatic rings. The van der Waals surface area contributed by atoms with Crippen molar-refractivity contribution in [1.29, 1.82) is 0 Å². The number of aromatic nitrogens is 2. The van der Waals surface area contributed by atoms with Crippen molar-refractivity contribution >= 4 is 22.4 Å². The molecule has 4 nitrogen and oxygen atoms in total. The van der Waals surface area contributed by atoms with E-state index in [9.17, 15) is 9.50 Å². The van der Waals surface area contributed by atoms with Crippen LogP contribution in [0.15, 0.2) is 36.7 Å². The molecule has 1 aromatic carbocycles. The van der Waals surface area contributed by atoms with Gasteiger partial charge in [-0.05, 0) is 55.7 Å². The molecule has 3 rings (SSSR count). The van der Waals surface area contributed by atoms with Crippen molar-refractivity contribution in [2.75, 3.05) is 5.32 Å². The molecule has 0 aliphatic heterocycles. The van der Waals surface area contributed by atoms with E-state index in [2.05, 4.69) is 10.3 Å². The molecule has 0 aliphatic rings. The first kappa shape index (κ1) is 16.5. The number of fused-ring (bicyclic) bond motifs is 1. The molecule has 126 valence electrons. The van der Waals surface area contributed by atoms with Crippen LogP contribution in [0, 0.1) is 19.7 Å². The number of aliphatic hydroxyl groups excluding tert-OH is 1. The van der Waals surface area contributed by atoms with Crippen LogP contribution in [0.25, 0.3) is 10.9 Å². The van der Waals surface area contributed by atoms with Gasteiger partial charge in [-0.15, -0.1) is 0 Å². The number of anilines is 2. The Hall–Kier alpha value is -2.40. The molecule has 0 unspecified atom stereocenters. The molecule has 0 saturated carbocycles. The minimum absolute atomic E-state index is 0.235. The first-order valence-electron chi connectivity index (χ1n) is 8.15. The van der Waals surface area contributed by atoms with Crippen LogP contribution in [0.1, 0.15) is 24.5 Å². The molecule has 0 radical (unpaired) electrons. The number of benzene rings is 1. The standard InChI is InChI=1S/C19H22FN3O/c1-4-15(24)11-23-8-6-16-17(23)5-7-21-19(16)22-18-12(2)9-14(20)10-13(18)3/h5-10,15,24H,4,11H2,1-3H3,(H,21,22)/t15-/m0/s1. The monoisotopic (exact) mass is 327 g/mol. The van der Waals surface area contributed by atoms with Crippen molar-refractivity contribution in [2.24, 2.45) is 0 Å². The number of halogens is 1. The normalized spacial score (nSPS) is 12.5. The number of nitrogens with one attached hydrogen (secondary N) is 1. The predicted octanol–water partition coefficient (Wildman–Crippen LogP) is 4.31. The van der Waals surface area contributed by atoms with E-state index in [4.69, 9.17) is 0 Å². The number of aliphatic hydroxyl groups is 1. The Morgan fingerprint density at radius 3 is 2.62 bits per heavy atom. The molecule has 0 aliphatic carbocycles. The van der Waals surface area contributed by atoms with Crippen molar-refractivity contribution in [3.63, 3.8) is 0 Å².